The average molecular weight is 308 g/mol. The standard InChI is InChI=1S/C17H16N4O2/c22-15-8-4-1-5-12(15)11-18-21-17(23)10-9-16-19-13-6-2-3-7-14(13)20-16/h1-8,11,22H,9-10H2,(H,19,20)(H,21,23)/b18-11+. The summed E-state index contributed by atoms with van der Waals surface area (Å²) in [7, 11) is 0. The molecule has 116 valence electrons. The number of carbonyl (C=O) groups is 1. The van der Waals surface area contributed by atoms with Crippen LogP contribution in [0, 0.1) is 0 Å². The first-order valence-corrected chi connectivity index (χ1v) is 7.26. The highest BCUT2D eigenvalue weighted by atomic mass is 16.3. The smallest absolute Gasteiger partial charge is 0.240 e. The Balaban J connectivity index is 1.52. The van der Waals surface area contributed by atoms with E-state index in [4.69, 9.17) is 0 Å². The number of aromatic amines is 1. The molecule has 0 saturated heterocycles. The van der Waals surface area contributed by atoms with Gasteiger partial charge in [0.1, 0.15) is 11.6 Å². The van der Waals surface area contributed by atoms with E-state index in [0.29, 0.717) is 12.0 Å². The maximum atomic E-state index is 11.8. The molecule has 0 atom stereocenters. The Morgan fingerprint density at radius 1 is 1.22 bits per heavy atom. The molecule has 1 aromatic heterocycles. The van der Waals surface area contributed by atoms with Crippen LogP contribution in [0.4, 0.5) is 0 Å². The van der Waals surface area contributed by atoms with Crippen molar-refractivity contribution in [3.8, 4) is 5.75 Å². The monoisotopic (exact) mass is 308 g/mol. The van der Waals surface area contributed by atoms with E-state index in [1.165, 1.54) is 6.21 Å². The van der Waals surface area contributed by atoms with Crippen molar-refractivity contribution >= 4 is 23.2 Å². The van der Waals surface area contributed by atoms with Crippen molar-refractivity contribution in [2.45, 2.75) is 12.8 Å². The maximum Gasteiger partial charge on any atom is 0.240 e. The summed E-state index contributed by atoms with van der Waals surface area (Å²) < 4.78 is 0. The van der Waals surface area contributed by atoms with Gasteiger partial charge in [-0.15, -0.1) is 0 Å². The van der Waals surface area contributed by atoms with Crippen LogP contribution in [-0.4, -0.2) is 27.2 Å². The molecule has 0 radical (unpaired) electrons. The first-order valence-electron chi connectivity index (χ1n) is 7.26. The predicted octanol–water partition coefficient (Wildman–Crippen LogP) is 2.35. The summed E-state index contributed by atoms with van der Waals surface area (Å²) in [6.07, 6.45) is 2.19. The normalized spacial score (nSPS) is 11.1. The highest BCUT2D eigenvalue weighted by Gasteiger charge is 2.05. The number of nitrogens with zero attached hydrogens (tertiary/aromatic N) is 2. The Morgan fingerprint density at radius 3 is 2.83 bits per heavy atom. The number of rotatable bonds is 5. The number of hydrazone groups is 1. The molecule has 1 heterocycles. The second-order valence-corrected chi connectivity index (χ2v) is 5.05. The zero-order valence-corrected chi connectivity index (χ0v) is 12.4. The largest absolute Gasteiger partial charge is 0.507 e. The number of carbonyl (C=O) groups excluding carboxylic acids is 1. The lowest BCUT2D eigenvalue weighted by Crippen LogP contribution is -2.18. The van der Waals surface area contributed by atoms with Crippen LogP contribution in [-0.2, 0) is 11.2 Å². The summed E-state index contributed by atoms with van der Waals surface area (Å²) >= 11 is 0. The summed E-state index contributed by atoms with van der Waals surface area (Å²) in [5, 5.41) is 13.4. The van der Waals surface area contributed by atoms with Crippen LogP contribution in [0.25, 0.3) is 11.0 Å². The number of aryl methyl sites for hydroxylation is 1. The molecule has 0 aliphatic heterocycles. The van der Waals surface area contributed by atoms with Gasteiger partial charge in [0.25, 0.3) is 0 Å². The number of H-pyrrole nitrogens is 1. The van der Waals surface area contributed by atoms with Crippen molar-refractivity contribution in [3.05, 3.63) is 59.9 Å². The van der Waals surface area contributed by atoms with Gasteiger partial charge in [0.2, 0.25) is 5.91 Å². The fourth-order valence-corrected chi connectivity index (χ4v) is 2.18. The third-order valence-corrected chi connectivity index (χ3v) is 3.36. The maximum absolute atomic E-state index is 11.8. The van der Waals surface area contributed by atoms with Crippen molar-refractivity contribution < 1.29 is 9.90 Å². The number of para-hydroxylation sites is 3. The number of imidazole rings is 1. The number of hydrogen-bond donors (Lipinski definition) is 3. The molecule has 3 aromatic rings. The lowest BCUT2D eigenvalue weighted by molar-refractivity contribution is -0.121. The van der Waals surface area contributed by atoms with Crippen molar-refractivity contribution in [1.82, 2.24) is 15.4 Å². The Labute approximate surface area is 132 Å². The molecule has 0 unspecified atom stereocenters. The molecule has 6 nitrogen and oxygen atoms in total. The van der Waals surface area contributed by atoms with E-state index in [1.54, 1.807) is 24.3 Å². The van der Waals surface area contributed by atoms with Gasteiger partial charge in [-0.05, 0) is 24.3 Å². The molecule has 1 amide bonds. The molecule has 0 saturated carbocycles. The third kappa shape index (κ3) is 3.74. The van der Waals surface area contributed by atoms with Gasteiger partial charge >= 0.3 is 0 Å². The van der Waals surface area contributed by atoms with E-state index in [1.807, 2.05) is 24.3 Å². The summed E-state index contributed by atoms with van der Waals surface area (Å²) in [6, 6.07) is 14.5. The van der Waals surface area contributed by atoms with Crippen LogP contribution < -0.4 is 5.43 Å². The minimum atomic E-state index is -0.211. The molecule has 0 aliphatic rings. The van der Waals surface area contributed by atoms with Crippen LogP contribution in [0.5, 0.6) is 5.75 Å². The quantitative estimate of drug-likeness (QED) is 0.499. The lowest BCUT2D eigenvalue weighted by atomic mass is 10.2. The van der Waals surface area contributed by atoms with E-state index >= 15 is 0 Å². The second kappa shape index (κ2) is 6.74. The number of phenolic OH excluding ortho intramolecular Hbond substituents is 1. The molecule has 0 spiro atoms. The third-order valence-electron chi connectivity index (χ3n) is 3.36. The first kappa shape index (κ1) is 14.8. The van der Waals surface area contributed by atoms with Gasteiger partial charge < -0.3 is 10.1 Å². The summed E-state index contributed by atoms with van der Waals surface area (Å²) in [5.74, 6) is 0.677. The predicted molar refractivity (Wildman–Crippen MR) is 88.3 cm³/mol. The Hall–Kier alpha value is -3.15. The van der Waals surface area contributed by atoms with E-state index in [0.717, 1.165) is 16.9 Å². The van der Waals surface area contributed by atoms with E-state index in [2.05, 4.69) is 20.5 Å². The molecule has 0 bridgehead atoms. The zero-order chi connectivity index (χ0) is 16.1. The van der Waals surface area contributed by atoms with Crippen molar-refractivity contribution in [2.75, 3.05) is 0 Å². The van der Waals surface area contributed by atoms with Crippen LogP contribution in [0.2, 0.25) is 0 Å². The second-order valence-electron chi connectivity index (χ2n) is 5.05. The van der Waals surface area contributed by atoms with Gasteiger partial charge in [0.05, 0.1) is 17.2 Å². The Kier molecular flexibility index (Phi) is 4.33. The number of amides is 1. The first-order chi connectivity index (χ1) is 11.2. The molecular weight excluding hydrogens is 292 g/mol. The number of benzene rings is 2. The van der Waals surface area contributed by atoms with Gasteiger partial charge in [-0.3, -0.25) is 4.79 Å². The molecule has 2 aromatic carbocycles. The highest BCUT2D eigenvalue weighted by molar-refractivity contribution is 5.85. The summed E-state index contributed by atoms with van der Waals surface area (Å²) in [4.78, 5) is 19.4. The van der Waals surface area contributed by atoms with Crippen molar-refractivity contribution in [1.29, 1.82) is 0 Å². The van der Waals surface area contributed by atoms with Crippen molar-refractivity contribution in [2.24, 2.45) is 5.10 Å². The topological polar surface area (TPSA) is 90.4 Å². The van der Waals surface area contributed by atoms with Gasteiger partial charge in [0, 0.05) is 18.4 Å². The molecule has 3 N–H and O–H groups in total. The number of nitrogens with one attached hydrogen (secondary N) is 2. The van der Waals surface area contributed by atoms with Gasteiger partial charge in [-0.1, -0.05) is 24.3 Å². The van der Waals surface area contributed by atoms with Crippen LogP contribution in [0.15, 0.2) is 53.6 Å². The van der Waals surface area contributed by atoms with Gasteiger partial charge in [-0.25, -0.2) is 10.4 Å². The van der Waals surface area contributed by atoms with E-state index in [-0.39, 0.29) is 18.1 Å². The highest BCUT2D eigenvalue weighted by Crippen LogP contribution is 2.13. The van der Waals surface area contributed by atoms with Gasteiger partial charge in [0.15, 0.2) is 0 Å². The summed E-state index contributed by atoms with van der Waals surface area (Å²) in [6.45, 7) is 0. The lowest BCUT2D eigenvalue weighted by Gasteiger charge is -1.99. The number of phenols is 1. The van der Waals surface area contributed by atoms with Crippen LogP contribution >= 0.6 is 0 Å². The Morgan fingerprint density at radius 2 is 2.00 bits per heavy atom. The summed E-state index contributed by atoms with van der Waals surface area (Å²) in [5.41, 5.74) is 4.83. The van der Waals surface area contributed by atoms with E-state index in [9.17, 15) is 9.90 Å². The molecule has 6 heteroatoms. The van der Waals surface area contributed by atoms with Crippen LogP contribution in [0.3, 0.4) is 0 Å². The molecule has 0 fully saturated rings. The number of fused-ring (bicyclic) bond motifs is 1. The molecular formula is C17H16N4O2. The SMILES string of the molecule is O=C(CCc1nc2ccccc2[nH]1)N/N=C/c1ccccc1O. The Bertz CT molecular complexity index is 821. The fraction of sp³-hybridized carbons (Fsp3) is 0.118. The van der Waals surface area contributed by atoms with Crippen molar-refractivity contribution in [3.63, 3.8) is 0 Å². The minimum Gasteiger partial charge on any atom is -0.507 e. The average Bonchev–Trinajstić information content (AvgIpc) is 2.98. The van der Waals surface area contributed by atoms with Gasteiger partial charge in [-0.2, -0.15) is 5.10 Å². The number of aromatic hydroxyl groups is 1. The zero-order valence-electron chi connectivity index (χ0n) is 12.4. The number of hydrogen-bond acceptors (Lipinski definition) is 4. The van der Waals surface area contributed by atoms with Crippen LogP contribution in [0.1, 0.15) is 17.8 Å². The van der Waals surface area contributed by atoms with E-state index < -0.39 is 0 Å². The molecule has 0 aliphatic carbocycles. The minimum absolute atomic E-state index is 0.118. The molecule has 23 heavy (non-hydrogen) atoms. The molecule has 3 rings (SSSR count). The fourth-order valence-electron chi connectivity index (χ4n) is 2.18. The number of aromatic nitrogens is 2.